The highest BCUT2D eigenvalue weighted by molar-refractivity contribution is 5.55. The van der Waals surface area contributed by atoms with Crippen LogP contribution in [0.3, 0.4) is 0 Å². The maximum atomic E-state index is 5.37. The number of benzene rings is 2. The molecule has 1 atom stereocenters. The molecule has 0 bridgehead atoms. The molecule has 5 heteroatoms. The average molecular weight is 364 g/mol. The molecule has 1 unspecified atom stereocenters. The molecule has 1 N–H and O–H groups in total. The summed E-state index contributed by atoms with van der Waals surface area (Å²) in [6.45, 7) is 6.64. The molecule has 0 aliphatic rings. The number of nitrogens with one attached hydrogen (secondary N) is 1. The van der Waals surface area contributed by atoms with Gasteiger partial charge in [-0.05, 0) is 42.8 Å². The molecule has 0 amide bonds. The minimum atomic E-state index is -0.0565. The second kappa shape index (κ2) is 7.53. The molecule has 2 aromatic carbocycles. The highest BCUT2D eigenvalue weighted by Crippen LogP contribution is 2.29. The third-order valence-electron chi connectivity index (χ3n) is 4.70. The van der Waals surface area contributed by atoms with Crippen molar-refractivity contribution in [2.24, 2.45) is 0 Å². The van der Waals surface area contributed by atoms with Gasteiger partial charge < -0.3 is 4.74 Å². The van der Waals surface area contributed by atoms with Crippen LogP contribution in [-0.2, 0) is 5.41 Å². The van der Waals surface area contributed by atoms with Crippen LogP contribution in [0.5, 0.6) is 5.75 Å². The van der Waals surface area contributed by atoms with Crippen molar-refractivity contribution in [3.63, 3.8) is 0 Å². The lowest BCUT2D eigenvalue weighted by Gasteiger charge is -2.22. The number of H-pyrrole nitrogens is 1. The number of rotatable bonds is 5. The van der Waals surface area contributed by atoms with E-state index in [-0.39, 0.29) is 11.5 Å². The summed E-state index contributed by atoms with van der Waals surface area (Å²) in [5, 5.41) is 7.59. The molecule has 0 radical (unpaired) electrons. The van der Waals surface area contributed by atoms with Gasteiger partial charge in [-0.3, -0.25) is 10.00 Å². The molecule has 3 aromatic rings. The summed E-state index contributed by atoms with van der Waals surface area (Å²) < 4.78 is 5.37. The Labute approximate surface area is 161 Å². The van der Waals surface area contributed by atoms with E-state index < -0.39 is 0 Å². The van der Waals surface area contributed by atoms with E-state index >= 15 is 0 Å². The first-order valence-electron chi connectivity index (χ1n) is 9.13. The van der Waals surface area contributed by atoms with Gasteiger partial charge in [0, 0.05) is 5.56 Å². The Hall–Kier alpha value is -2.66. The minimum Gasteiger partial charge on any atom is -0.497 e. The predicted octanol–water partition coefficient (Wildman–Crippen LogP) is 4.43. The first-order chi connectivity index (χ1) is 12.8. The first kappa shape index (κ1) is 19.1. The zero-order valence-electron chi connectivity index (χ0n) is 16.9. The molecular weight excluding hydrogens is 336 g/mol. The van der Waals surface area contributed by atoms with E-state index in [1.807, 2.05) is 32.3 Å². The monoisotopic (exact) mass is 364 g/mol. The number of aromatic nitrogens is 3. The van der Waals surface area contributed by atoms with Crippen LogP contribution in [0.15, 0.2) is 48.5 Å². The Kier molecular flexibility index (Phi) is 5.33. The predicted molar refractivity (Wildman–Crippen MR) is 109 cm³/mol. The lowest BCUT2D eigenvalue weighted by atomic mass is 9.87. The molecule has 27 heavy (non-hydrogen) atoms. The van der Waals surface area contributed by atoms with E-state index in [0.29, 0.717) is 0 Å². The fraction of sp³-hybridized carbons (Fsp3) is 0.364. The summed E-state index contributed by atoms with van der Waals surface area (Å²) in [6, 6.07) is 16.5. The van der Waals surface area contributed by atoms with Crippen LogP contribution in [0.1, 0.15) is 43.8 Å². The van der Waals surface area contributed by atoms with Gasteiger partial charge in [0.25, 0.3) is 0 Å². The van der Waals surface area contributed by atoms with Gasteiger partial charge in [0.2, 0.25) is 0 Å². The maximum absolute atomic E-state index is 5.37. The Morgan fingerprint density at radius 2 is 1.74 bits per heavy atom. The topological polar surface area (TPSA) is 54.0 Å². The van der Waals surface area contributed by atoms with Crippen LogP contribution in [-0.4, -0.2) is 41.3 Å². The van der Waals surface area contributed by atoms with Crippen LogP contribution in [0, 0.1) is 0 Å². The molecule has 5 nitrogen and oxygen atoms in total. The van der Waals surface area contributed by atoms with E-state index in [1.165, 1.54) is 5.56 Å². The summed E-state index contributed by atoms with van der Waals surface area (Å²) in [4.78, 5) is 6.88. The molecule has 0 saturated carbocycles. The molecule has 0 aliphatic heterocycles. The molecule has 1 aromatic heterocycles. The van der Waals surface area contributed by atoms with Crippen molar-refractivity contribution in [2.45, 2.75) is 32.2 Å². The van der Waals surface area contributed by atoms with Gasteiger partial charge in [-0.2, -0.15) is 5.10 Å². The number of methoxy groups -OCH3 is 1. The maximum Gasteiger partial charge on any atom is 0.172 e. The Bertz CT molecular complexity index is 891. The van der Waals surface area contributed by atoms with Crippen molar-refractivity contribution in [1.29, 1.82) is 0 Å². The van der Waals surface area contributed by atoms with E-state index in [1.54, 1.807) is 7.11 Å². The first-order valence-corrected chi connectivity index (χ1v) is 9.13. The average Bonchev–Trinajstić information content (AvgIpc) is 3.10. The van der Waals surface area contributed by atoms with Crippen molar-refractivity contribution in [1.82, 2.24) is 20.1 Å². The van der Waals surface area contributed by atoms with E-state index in [4.69, 9.17) is 9.72 Å². The van der Waals surface area contributed by atoms with Crippen LogP contribution < -0.4 is 4.74 Å². The van der Waals surface area contributed by atoms with E-state index in [2.05, 4.69) is 66.2 Å². The van der Waals surface area contributed by atoms with E-state index in [0.717, 1.165) is 28.5 Å². The zero-order chi connectivity index (χ0) is 19.6. The second-order valence-electron chi connectivity index (χ2n) is 8.01. The summed E-state index contributed by atoms with van der Waals surface area (Å²) in [5.41, 5.74) is 3.56. The van der Waals surface area contributed by atoms with Crippen LogP contribution >= 0.6 is 0 Å². The molecule has 0 aliphatic carbocycles. The third-order valence-corrected chi connectivity index (χ3v) is 4.70. The molecular formula is C22H28N4O. The summed E-state index contributed by atoms with van der Waals surface area (Å²) in [7, 11) is 5.73. The molecule has 1 heterocycles. The lowest BCUT2D eigenvalue weighted by Crippen LogP contribution is -2.22. The largest absolute Gasteiger partial charge is 0.497 e. The molecule has 0 spiro atoms. The summed E-state index contributed by atoms with van der Waals surface area (Å²) in [5.74, 6) is 2.34. The van der Waals surface area contributed by atoms with Crippen LogP contribution in [0.2, 0.25) is 0 Å². The van der Waals surface area contributed by atoms with Crippen molar-refractivity contribution in [3.05, 3.63) is 65.5 Å². The number of ether oxygens (including phenoxy) is 1. The lowest BCUT2D eigenvalue weighted by molar-refractivity contribution is 0.329. The van der Waals surface area contributed by atoms with Crippen molar-refractivity contribution >= 4 is 0 Å². The molecule has 142 valence electrons. The van der Waals surface area contributed by atoms with Gasteiger partial charge in [-0.25, -0.2) is 4.98 Å². The normalized spacial score (nSPS) is 13.0. The Morgan fingerprint density at radius 1 is 1.04 bits per heavy atom. The Morgan fingerprint density at radius 3 is 2.33 bits per heavy atom. The van der Waals surface area contributed by atoms with Gasteiger partial charge in [0.1, 0.15) is 5.75 Å². The molecule has 3 rings (SSSR count). The molecule has 0 saturated heterocycles. The number of hydrogen-bond acceptors (Lipinski definition) is 4. The van der Waals surface area contributed by atoms with Crippen LogP contribution in [0.25, 0.3) is 11.4 Å². The Balaban J connectivity index is 1.92. The van der Waals surface area contributed by atoms with Gasteiger partial charge in [-0.15, -0.1) is 0 Å². The quantitative estimate of drug-likeness (QED) is 0.728. The number of hydrogen-bond donors (Lipinski definition) is 1. The van der Waals surface area contributed by atoms with Crippen molar-refractivity contribution < 1.29 is 4.74 Å². The van der Waals surface area contributed by atoms with Crippen molar-refractivity contribution in [2.75, 3.05) is 21.2 Å². The highest BCUT2D eigenvalue weighted by Gasteiger charge is 2.22. The van der Waals surface area contributed by atoms with Gasteiger partial charge in [-0.1, -0.05) is 57.2 Å². The highest BCUT2D eigenvalue weighted by atomic mass is 16.5. The number of nitrogens with zero attached hydrogens (tertiary/aromatic N) is 3. The minimum absolute atomic E-state index is 0.0565. The fourth-order valence-electron chi connectivity index (χ4n) is 3.14. The van der Waals surface area contributed by atoms with E-state index in [9.17, 15) is 0 Å². The zero-order valence-corrected chi connectivity index (χ0v) is 16.9. The van der Waals surface area contributed by atoms with Gasteiger partial charge >= 0.3 is 0 Å². The number of aromatic amines is 1. The second-order valence-corrected chi connectivity index (χ2v) is 8.01. The summed E-state index contributed by atoms with van der Waals surface area (Å²) >= 11 is 0. The fourth-order valence-corrected chi connectivity index (χ4v) is 3.14. The standard InChI is InChI=1S/C22H28N4O/c1-22(2,3)17-12-10-15(11-13-17)20-23-21(25-24-20)19(26(4)5)16-8-7-9-18(14-16)27-6/h7-14,19H,1-6H3,(H,23,24,25). The van der Waals surface area contributed by atoms with Crippen molar-refractivity contribution in [3.8, 4) is 17.1 Å². The summed E-state index contributed by atoms with van der Waals surface area (Å²) in [6.07, 6.45) is 0. The SMILES string of the molecule is COc1cccc(C(c2n[nH]c(-c3ccc(C(C)(C)C)cc3)n2)N(C)C)c1. The van der Waals surface area contributed by atoms with Gasteiger partial charge in [0.15, 0.2) is 11.6 Å². The van der Waals surface area contributed by atoms with Crippen LogP contribution in [0.4, 0.5) is 0 Å². The van der Waals surface area contributed by atoms with Gasteiger partial charge in [0.05, 0.1) is 13.2 Å². The third kappa shape index (κ3) is 4.19. The molecule has 0 fully saturated rings. The smallest absolute Gasteiger partial charge is 0.172 e.